The Morgan fingerprint density at radius 2 is 0.816 bits per heavy atom. The van der Waals surface area contributed by atoms with E-state index >= 15 is 0 Å². The van der Waals surface area contributed by atoms with Crippen LogP contribution in [0.1, 0.15) is 0 Å². The second-order valence-electron chi connectivity index (χ2n) is 10.2. The Hall–Kier alpha value is -4.94. The largest absolute Gasteiger partial charge is 0.0622 e. The molecule has 0 radical (unpaired) electrons. The zero-order valence-corrected chi connectivity index (χ0v) is 20.9. The molecule has 0 aliphatic carbocycles. The molecule has 0 unspecified atom stereocenters. The van der Waals surface area contributed by atoms with Gasteiger partial charge in [-0.25, -0.2) is 0 Å². The van der Waals surface area contributed by atoms with Crippen LogP contribution in [0.2, 0.25) is 0 Å². The van der Waals surface area contributed by atoms with Crippen molar-refractivity contribution in [3.63, 3.8) is 0 Å². The molecule has 0 aliphatic rings. The van der Waals surface area contributed by atoms with Crippen molar-refractivity contribution in [2.75, 3.05) is 0 Å². The summed E-state index contributed by atoms with van der Waals surface area (Å²) in [4.78, 5) is 0. The number of fused-ring (bicyclic) bond motifs is 6. The standard InChI is InChI=1S/C38H24/c1-2-9-25(10-3-1)33-20-19-32-22-28-12-5-7-14-30(28)24-36(32)38(33)34-16-8-15-26-17-18-31-21-27-11-4-6-13-29(27)23-35(31)37(26)34/h1-24H. The second kappa shape index (κ2) is 8.30. The predicted molar refractivity (Wildman–Crippen MR) is 165 cm³/mol. The summed E-state index contributed by atoms with van der Waals surface area (Å²) in [5.41, 5.74) is 5.08. The molecule has 0 saturated carbocycles. The Labute approximate surface area is 221 Å². The van der Waals surface area contributed by atoms with Crippen molar-refractivity contribution in [2.24, 2.45) is 0 Å². The molecule has 38 heavy (non-hydrogen) atoms. The molecular weight excluding hydrogens is 456 g/mol. The van der Waals surface area contributed by atoms with Crippen molar-refractivity contribution in [1.29, 1.82) is 0 Å². The molecule has 0 fully saturated rings. The topological polar surface area (TPSA) is 0 Å². The Kier molecular flexibility index (Phi) is 4.62. The van der Waals surface area contributed by atoms with Gasteiger partial charge in [0.05, 0.1) is 0 Å². The van der Waals surface area contributed by atoms with E-state index in [0.717, 1.165) is 0 Å². The van der Waals surface area contributed by atoms with Crippen LogP contribution in [-0.2, 0) is 0 Å². The minimum atomic E-state index is 1.24. The third kappa shape index (κ3) is 3.24. The number of rotatable bonds is 2. The van der Waals surface area contributed by atoms with Crippen LogP contribution in [0, 0.1) is 0 Å². The van der Waals surface area contributed by atoms with Gasteiger partial charge < -0.3 is 0 Å². The summed E-state index contributed by atoms with van der Waals surface area (Å²) in [6.07, 6.45) is 0. The number of hydrogen-bond acceptors (Lipinski definition) is 0. The first kappa shape index (κ1) is 21.2. The van der Waals surface area contributed by atoms with Crippen molar-refractivity contribution in [1.82, 2.24) is 0 Å². The second-order valence-corrected chi connectivity index (χ2v) is 10.2. The van der Waals surface area contributed by atoms with Gasteiger partial charge in [0.1, 0.15) is 0 Å². The highest BCUT2D eigenvalue weighted by atomic mass is 14.2. The molecule has 0 saturated heterocycles. The maximum atomic E-state index is 2.38. The van der Waals surface area contributed by atoms with Crippen molar-refractivity contribution in [3.05, 3.63) is 146 Å². The van der Waals surface area contributed by atoms with Crippen LogP contribution in [0.4, 0.5) is 0 Å². The van der Waals surface area contributed by atoms with Crippen LogP contribution in [0.5, 0.6) is 0 Å². The van der Waals surface area contributed by atoms with Crippen LogP contribution < -0.4 is 0 Å². The van der Waals surface area contributed by atoms with E-state index < -0.39 is 0 Å². The Morgan fingerprint density at radius 3 is 1.53 bits per heavy atom. The fourth-order valence-electron chi connectivity index (χ4n) is 6.17. The maximum Gasteiger partial charge on any atom is -0.00201 e. The molecule has 0 aliphatic heterocycles. The number of benzene rings is 8. The fourth-order valence-corrected chi connectivity index (χ4v) is 6.17. The Bertz CT molecular complexity index is 2170. The van der Waals surface area contributed by atoms with Crippen LogP contribution in [0.3, 0.4) is 0 Å². The van der Waals surface area contributed by atoms with Crippen LogP contribution >= 0.6 is 0 Å². The average molecular weight is 481 g/mol. The highest BCUT2D eigenvalue weighted by Gasteiger charge is 2.17. The van der Waals surface area contributed by atoms with Crippen molar-refractivity contribution in [2.45, 2.75) is 0 Å². The van der Waals surface area contributed by atoms with E-state index in [2.05, 4.69) is 146 Å². The van der Waals surface area contributed by atoms with Crippen LogP contribution in [0.25, 0.3) is 76.1 Å². The lowest BCUT2D eigenvalue weighted by atomic mass is 9.85. The lowest BCUT2D eigenvalue weighted by molar-refractivity contribution is 1.63. The van der Waals surface area contributed by atoms with Gasteiger partial charge in [0.2, 0.25) is 0 Å². The molecule has 8 aromatic rings. The molecule has 8 rings (SSSR count). The smallest absolute Gasteiger partial charge is 0.00201 e. The summed E-state index contributed by atoms with van der Waals surface area (Å²) in [5, 5.41) is 12.8. The van der Waals surface area contributed by atoms with Gasteiger partial charge in [-0.15, -0.1) is 0 Å². The first-order chi connectivity index (χ1) is 18.8. The van der Waals surface area contributed by atoms with Crippen molar-refractivity contribution in [3.8, 4) is 22.3 Å². The first-order valence-electron chi connectivity index (χ1n) is 13.2. The van der Waals surface area contributed by atoms with Gasteiger partial charge in [0.15, 0.2) is 0 Å². The van der Waals surface area contributed by atoms with E-state index in [1.54, 1.807) is 0 Å². The summed E-state index contributed by atoms with van der Waals surface area (Å²) in [6, 6.07) is 53.5. The average Bonchev–Trinajstić information content (AvgIpc) is 2.98. The molecule has 8 aromatic carbocycles. The molecule has 176 valence electrons. The van der Waals surface area contributed by atoms with E-state index in [-0.39, 0.29) is 0 Å². The lowest BCUT2D eigenvalue weighted by Gasteiger charge is -2.18. The molecule has 0 bridgehead atoms. The first-order valence-corrected chi connectivity index (χ1v) is 13.2. The summed E-state index contributed by atoms with van der Waals surface area (Å²) in [5.74, 6) is 0. The van der Waals surface area contributed by atoms with Gasteiger partial charge in [0, 0.05) is 0 Å². The minimum absolute atomic E-state index is 1.24. The van der Waals surface area contributed by atoms with Gasteiger partial charge >= 0.3 is 0 Å². The Balaban J connectivity index is 1.57. The van der Waals surface area contributed by atoms with Gasteiger partial charge in [-0.2, -0.15) is 0 Å². The third-order valence-corrected chi connectivity index (χ3v) is 7.97. The summed E-state index contributed by atoms with van der Waals surface area (Å²) >= 11 is 0. The number of hydrogen-bond donors (Lipinski definition) is 0. The van der Waals surface area contributed by atoms with Crippen LogP contribution in [0.15, 0.2) is 146 Å². The van der Waals surface area contributed by atoms with Crippen molar-refractivity contribution >= 4 is 53.9 Å². The lowest BCUT2D eigenvalue weighted by Crippen LogP contribution is -1.91. The SMILES string of the molecule is c1ccc(-c2ccc3cc4ccccc4cc3c2-c2cccc3ccc4cc5ccccc5cc4c23)cc1. The molecule has 0 heteroatoms. The van der Waals surface area contributed by atoms with Gasteiger partial charge in [-0.3, -0.25) is 0 Å². The zero-order chi connectivity index (χ0) is 25.1. The van der Waals surface area contributed by atoms with E-state index in [4.69, 9.17) is 0 Å². The molecule has 0 N–H and O–H groups in total. The monoisotopic (exact) mass is 480 g/mol. The predicted octanol–water partition coefficient (Wildman–Crippen LogP) is 10.8. The quantitative estimate of drug-likeness (QED) is 0.170. The molecule has 0 atom stereocenters. The van der Waals surface area contributed by atoms with E-state index in [9.17, 15) is 0 Å². The maximum absolute atomic E-state index is 2.38. The van der Waals surface area contributed by atoms with Gasteiger partial charge in [0.25, 0.3) is 0 Å². The van der Waals surface area contributed by atoms with Gasteiger partial charge in [-0.05, 0) is 100 Å². The van der Waals surface area contributed by atoms with E-state index in [0.29, 0.717) is 0 Å². The highest BCUT2D eigenvalue weighted by Crippen LogP contribution is 2.44. The minimum Gasteiger partial charge on any atom is -0.0622 e. The molecule has 0 amide bonds. The fraction of sp³-hybridized carbons (Fsp3) is 0. The van der Waals surface area contributed by atoms with E-state index in [1.165, 1.54) is 76.1 Å². The summed E-state index contributed by atoms with van der Waals surface area (Å²) < 4.78 is 0. The van der Waals surface area contributed by atoms with E-state index in [1.807, 2.05) is 0 Å². The Morgan fingerprint density at radius 1 is 0.289 bits per heavy atom. The summed E-state index contributed by atoms with van der Waals surface area (Å²) in [7, 11) is 0. The zero-order valence-electron chi connectivity index (χ0n) is 20.9. The molecule has 0 heterocycles. The molecular formula is C38H24. The third-order valence-electron chi connectivity index (χ3n) is 7.97. The normalized spacial score (nSPS) is 11.7. The van der Waals surface area contributed by atoms with Crippen LogP contribution in [-0.4, -0.2) is 0 Å². The molecule has 0 spiro atoms. The highest BCUT2D eigenvalue weighted by molar-refractivity contribution is 6.21. The molecule has 0 aromatic heterocycles. The molecule has 0 nitrogen and oxygen atoms in total. The summed E-state index contributed by atoms with van der Waals surface area (Å²) in [6.45, 7) is 0. The van der Waals surface area contributed by atoms with Gasteiger partial charge in [-0.1, -0.05) is 121 Å². The van der Waals surface area contributed by atoms with Crippen molar-refractivity contribution < 1.29 is 0 Å².